The molecule has 0 aliphatic rings. The topological polar surface area (TPSA) is 98.2 Å². The van der Waals surface area contributed by atoms with Gasteiger partial charge in [0.1, 0.15) is 0 Å². The van der Waals surface area contributed by atoms with E-state index >= 15 is 0 Å². The molecule has 104 valence electrons. The van der Waals surface area contributed by atoms with Crippen molar-refractivity contribution < 1.29 is 9.59 Å². The average molecular weight is 263 g/mol. The van der Waals surface area contributed by atoms with Gasteiger partial charge >= 0.3 is 0 Å². The summed E-state index contributed by atoms with van der Waals surface area (Å²) in [5.41, 5.74) is 12.3. The number of hydrogen-bond donors (Lipinski definition) is 3. The van der Waals surface area contributed by atoms with Gasteiger partial charge in [-0.25, -0.2) is 0 Å². The number of hydrogen-bond acceptors (Lipinski definition) is 3. The van der Waals surface area contributed by atoms with Crippen molar-refractivity contribution in [3.05, 3.63) is 29.8 Å². The van der Waals surface area contributed by atoms with Crippen LogP contribution in [0.25, 0.3) is 0 Å². The van der Waals surface area contributed by atoms with Gasteiger partial charge in [-0.2, -0.15) is 0 Å². The van der Waals surface area contributed by atoms with E-state index in [0.29, 0.717) is 23.6 Å². The summed E-state index contributed by atoms with van der Waals surface area (Å²) in [6.45, 7) is 4.02. The van der Waals surface area contributed by atoms with E-state index in [9.17, 15) is 9.59 Å². The lowest BCUT2D eigenvalue weighted by atomic mass is 10.0. The smallest absolute Gasteiger partial charge is 0.241 e. The standard InChI is InChI=1S/C14H21N3O2/c1-9(2)7-11(15)14(19)17-12-6-4-3-5-10(12)8-13(16)18/h3-6,9,11H,7-8,15H2,1-2H3,(H2,16,18)(H,17,19). The molecule has 1 atom stereocenters. The van der Waals surface area contributed by atoms with Crippen LogP contribution in [0.3, 0.4) is 0 Å². The Bertz CT molecular complexity index is 458. The van der Waals surface area contributed by atoms with Crippen molar-refractivity contribution in [1.82, 2.24) is 0 Å². The molecular weight excluding hydrogens is 242 g/mol. The van der Waals surface area contributed by atoms with Gasteiger partial charge in [0, 0.05) is 5.69 Å². The number of amides is 2. The first-order valence-corrected chi connectivity index (χ1v) is 6.32. The van der Waals surface area contributed by atoms with Crippen LogP contribution in [-0.4, -0.2) is 17.9 Å². The normalized spacial score (nSPS) is 12.2. The largest absolute Gasteiger partial charge is 0.369 e. The highest BCUT2D eigenvalue weighted by atomic mass is 16.2. The number of carbonyl (C=O) groups excluding carboxylic acids is 2. The van der Waals surface area contributed by atoms with E-state index in [1.54, 1.807) is 24.3 Å². The van der Waals surface area contributed by atoms with Crippen LogP contribution in [0.15, 0.2) is 24.3 Å². The minimum Gasteiger partial charge on any atom is -0.369 e. The molecule has 2 amide bonds. The van der Waals surface area contributed by atoms with Crippen LogP contribution >= 0.6 is 0 Å². The van der Waals surface area contributed by atoms with Gasteiger partial charge in [0.2, 0.25) is 11.8 Å². The zero-order valence-corrected chi connectivity index (χ0v) is 11.3. The van der Waals surface area contributed by atoms with Crippen molar-refractivity contribution in [2.45, 2.75) is 32.7 Å². The highest BCUT2D eigenvalue weighted by molar-refractivity contribution is 5.96. The van der Waals surface area contributed by atoms with Crippen LogP contribution in [0, 0.1) is 5.92 Å². The molecule has 1 aromatic carbocycles. The molecule has 0 saturated heterocycles. The predicted octanol–water partition coefficient (Wildman–Crippen LogP) is 1.03. The Morgan fingerprint density at radius 2 is 1.89 bits per heavy atom. The Morgan fingerprint density at radius 1 is 1.26 bits per heavy atom. The molecule has 5 heteroatoms. The summed E-state index contributed by atoms with van der Waals surface area (Å²) in [7, 11) is 0. The summed E-state index contributed by atoms with van der Waals surface area (Å²) in [5.74, 6) is -0.333. The number of nitrogens with two attached hydrogens (primary N) is 2. The SMILES string of the molecule is CC(C)CC(N)C(=O)Nc1ccccc1CC(N)=O. The summed E-state index contributed by atoms with van der Waals surface area (Å²) in [5, 5.41) is 2.75. The third-order valence-electron chi connectivity index (χ3n) is 2.70. The van der Waals surface area contributed by atoms with E-state index in [4.69, 9.17) is 11.5 Å². The van der Waals surface area contributed by atoms with Crippen molar-refractivity contribution in [2.24, 2.45) is 17.4 Å². The van der Waals surface area contributed by atoms with Gasteiger partial charge in [-0.1, -0.05) is 32.0 Å². The Kier molecular flexibility index (Phi) is 5.51. The molecule has 1 unspecified atom stereocenters. The van der Waals surface area contributed by atoms with Gasteiger partial charge in [0.15, 0.2) is 0 Å². The number of benzene rings is 1. The van der Waals surface area contributed by atoms with Gasteiger partial charge in [0.25, 0.3) is 0 Å². The number of primary amides is 1. The summed E-state index contributed by atoms with van der Waals surface area (Å²) >= 11 is 0. The predicted molar refractivity (Wildman–Crippen MR) is 75.4 cm³/mol. The summed E-state index contributed by atoms with van der Waals surface area (Å²) in [6.07, 6.45) is 0.708. The van der Waals surface area contributed by atoms with E-state index in [-0.39, 0.29) is 12.3 Å². The lowest BCUT2D eigenvalue weighted by Gasteiger charge is -2.15. The van der Waals surface area contributed by atoms with Crippen LogP contribution in [0.5, 0.6) is 0 Å². The molecular formula is C14H21N3O2. The van der Waals surface area contributed by atoms with E-state index in [1.165, 1.54) is 0 Å². The Hall–Kier alpha value is -1.88. The number of nitrogens with one attached hydrogen (secondary N) is 1. The van der Waals surface area contributed by atoms with E-state index < -0.39 is 11.9 Å². The zero-order chi connectivity index (χ0) is 14.4. The van der Waals surface area contributed by atoms with Gasteiger partial charge in [-0.3, -0.25) is 9.59 Å². The third kappa shape index (κ3) is 5.09. The lowest BCUT2D eigenvalue weighted by Crippen LogP contribution is -2.37. The maximum absolute atomic E-state index is 11.9. The maximum Gasteiger partial charge on any atom is 0.241 e. The lowest BCUT2D eigenvalue weighted by molar-refractivity contribution is -0.118. The van der Waals surface area contributed by atoms with E-state index in [0.717, 1.165) is 0 Å². The number of anilines is 1. The summed E-state index contributed by atoms with van der Waals surface area (Å²) in [6, 6.07) is 6.52. The van der Waals surface area contributed by atoms with Crippen molar-refractivity contribution in [3.8, 4) is 0 Å². The van der Waals surface area contributed by atoms with Crippen LogP contribution in [0.1, 0.15) is 25.8 Å². The first kappa shape index (κ1) is 15.2. The molecule has 1 rings (SSSR count). The van der Waals surface area contributed by atoms with Crippen LogP contribution in [0.2, 0.25) is 0 Å². The van der Waals surface area contributed by atoms with Crippen molar-refractivity contribution in [1.29, 1.82) is 0 Å². The van der Waals surface area contributed by atoms with Crippen LogP contribution in [0.4, 0.5) is 5.69 Å². The first-order chi connectivity index (χ1) is 8.90. The van der Waals surface area contributed by atoms with Crippen LogP contribution < -0.4 is 16.8 Å². The highest BCUT2D eigenvalue weighted by Gasteiger charge is 2.16. The zero-order valence-electron chi connectivity index (χ0n) is 11.3. The molecule has 0 fully saturated rings. The highest BCUT2D eigenvalue weighted by Crippen LogP contribution is 2.16. The minimum atomic E-state index is -0.554. The summed E-state index contributed by atoms with van der Waals surface area (Å²) < 4.78 is 0. The van der Waals surface area contributed by atoms with Crippen molar-refractivity contribution in [2.75, 3.05) is 5.32 Å². The number of para-hydroxylation sites is 1. The Labute approximate surface area is 113 Å². The molecule has 0 aromatic heterocycles. The average Bonchev–Trinajstić information content (AvgIpc) is 2.30. The molecule has 19 heavy (non-hydrogen) atoms. The quantitative estimate of drug-likeness (QED) is 0.714. The first-order valence-electron chi connectivity index (χ1n) is 6.32. The van der Waals surface area contributed by atoms with E-state index in [1.807, 2.05) is 13.8 Å². The second kappa shape index (κ2) is 6.89. The van der Waals surface area contributed by atoms with Gasteiger partial charge in [0.05, 0.1) is 12.5 Å². The fourth-order valence-electron chi connectivity index (χ4n) is 1.82. The summed E-state index contributed by atoms with van der Waals surface area (Å²) in [4.78, 5) is 22.9. The van der Waals surface area contributed by atoms with Crippen molar-refractivity contribution in [3.63, 3.8) is 0 Å². The number of rotatable bonds is 6. The molecule has 0 bridgehead atoms. The molecule has 0 aliphatic carbocycles. The second-order valence-electron chi connectivity index (χ2n) is 5.03. The molecule has 0 aliphatic heterocycles. The molecule has 0 radical (unpaired) electrons. The van der Waals surface area contributed by atoms with Crippen LogP contribution in [-0.2, 0) is 16.0 Å². The minimum absolute atomic E-state index is 0.0931. The molecule has 0 saturated carbocycles. The number of carbonyl (C=O) groups is 2. The molecule has 5 nitrogen and oxygen atoms in total. The fourth-order valence-corrected chi connectivity index (χ4v) is 1.82. The molecule has 0 spiro atoms. The molecule has 5 N–H and O–H groups in total. The molecule has 0 heterocycles. The molecule has 1 aromatic rings. The third-order valence-corrected chi connectivity index (χ3v) is 2.70. The maximum atomic E-state index is 11.9. The van der Waals surface area contributed by atoms with Gasteiger partial charge in [-0.15, -0.1) is 0 Å². The Balaban J connectivity index is 2.76. The fraction of sp³-hybridized carbons (Fsp3) is 0.429. The monoisotopic (exact) mass is 263 g/mol. The van der Waals surface area contributed by atoms with Gasteiger partial charge < -0.3 is 16.8 Å². The Morgan fingerprint density at radius 3 is 2.47 bits per heavy atom. The van der Waals surface area contributed by atoms with Crippen molar-refractivity contribution >= 4 is 17.5 Å². The van der Waals surface area contributed by atoms with E-state index in [2.05, 4.69) is 5.32 Å². The second-order valence-corrected chi connectivity index (χ2v) is 5.03. The van der Waals surface area contributed by atoms with Gasteiger partial charge in [-0.05, 0) is 24.0 Å².